The largest absolute Gasteiger partial charge is 0.491 e. The van der Waals surface area contributed by atoms with Crippen molar-refractivity contribution in [3.63, 3.8) is 0 Å². The van der Waals surface area contributed by atoms with Crippen molar-refractivity contribution >= 4 is 17.7 Å². The molecule has 2 N–H and O–H groups in total. The van der Waals surface area contributed by atoms with Gasteiger partial charge in [-0.25, -0.2) is 0 Å². The van der Waals surface area contributed by atoms with E-state index in [1.54, 1.807) is 42.7 Å². The fourth-order valence-electron chi connectivity index (χ4n) is 1.63. The van der Waals surface area contributed by atoms with E-state index >= 15 is 0 Å². The molecular weight excluding hydrogens is 268 g/mol. The number of pyridine rings is 1. The molecule has 0 unspecified atom stereocenters. The Bertz CT molecular complexity index is 595. The summed E-state index contributed by atoms with van der Waals surface area (Å²) < 4.78 is 5.24. The minimum Gasteiger partial charge on any atom is -0.491 e. The van der Waals surface area contributed by atoms with E-state index in [1.807, 2.05) is 12.1 Å². The lowest BCUT2D eigenvalue weighted by Crippen LogP contribution is -2.07. The molecule has 0 aliphatic carbocycles. The van der Waals surface area contributed by atoms with Gasteiger partial charge in [-0.3, -0.25) is 9.78 Å². The van der Waals surface area contributed by atoms with E-state index in [2.05, 4.69) is 10.3 Å². The number of rotatable bonds is 6. The molecule has 0 aliphatic heterocycles. The van der Waals surface area contributed by atoms with Crippen LogP contribution in [0.3, 0.4) is 0 Å². The van der Waals surface area contributed by atoms with Gasteiger partial charge in [0.15, 0.2) is 0 Å². The van der Waals surface area contributed by atoms with Crippen LogP contribution in [-0.2, 0) is 4.79 Å². The number of anilines is 1. The first-order chi connectivity index (χ1) is 10.3. The number of amides is 1. The Morgan fingerprint density at radius 1 is 1.29 bits per heavy atom. The molecule has 2 rings (SSSR count). The van der Waals surface area contributed by atoms with Gasteiger partial charge in [-0.2, -0.15) is 0 Å². The van der Waals surface area contributed by atoms with Gasteiger partial charge in [0.25, 0.3) is 0 Å². The summed E-state index contributed by atoms with van der Waals surface area (Å²) in [4.78, 5) is 15.7. The van der Waals surface area contributed by atoms with Crippen molar-refractivity contribution in [1.82, 2.24) is 4.98 Å². The Kier molecular flexibility index (Phi) is 5.49. The van der Waals surface area contributed by atoms with Gasteiger partial charge in [-0.05, 0) is 42.0 Å². The minimum atomic E-state index is -0.220. The number of benzene rings is 1. The van der Waals surface area contributed by atoms with E-state index in [0.29, 0.717) is 11.4 Å². The maximum Gasteiger partial charge on any atom is 0.248 e. The normalized spacial score (nSPS) is 10.5. The van der Waals surface area contributed by atoms with Gasteiger partial charge in [0, 0.05) is 24.2 Å². The highest BCUT2D eigenvalue weighted by Crippen LogP contribution is 2.15. The topological polar surface area (TPSA) is 71.5 Å². The van der Waals surface area contributed by atoms with Crippen LogP contribution in [0, 0.1) is 0 Å². The number of ether oxygens (including phenoxy) is 1. The number of aliphatic hydroxyl groups excluding tert-OH is 1. The Morgan fingerprint density at radius 3 is 2.76 bits per heavy atom. The molecule has 5 heteroatoms. The van der Waals surface area contributed by atoms with Gasteiger partial charge < -0.3 is 15.2 Å². The second-order valence-electron chi connectivity index (χ2n) is 4.21. The van der Waals surface area contributed by atoms with Crippen LogP contribution < -0.4 is 10.1 Å². The summed E-state index contributed by atoms with van der Waals surface area (Å²) >= 11 is 0. The summed E-state index contributed by atoms with van der Waals surface area (Å²) in [5.74, 6) is 0.427. The first kappa shape index (κ1) is 14.7. The summed E-state index contributed by atoms with van der Waals surface area (Å²) in [6.07, 6.45) is 6.50. The van der Waals surface area contributed by atoms with Crippen molar-refractivity contribution in [3.8, 4) is 5.75 Å². The third-order valence-electron chi connectivity index (χ3n) is 2.59. The zero-order chi connectivity index (χ0) is 14.9. The highest BCUT2D eigenvalue weighted by molar-refractivity contribution is 6.01. The van der Waals surface area contributed by atoms with E-state index in [9.17, 15) is 4.79 Å². The van der Waals surface area contributed by atoms with E-state index in [-0.39, 0.29) is 19.1 Å². The zero-order valence-corrected chi connectivity index (χ0v) is 11.4. The van der Waals surface area contributed by atoms with Crippen molar-refractivity contribution in [2.45, 2.75) is 0 Å². The summed E-state index contributed by atoms with van der Waals surface area (Å²) in [5, 5.41) is 11.4. The number of aromatic nitrogens is 1. The van der Waals surface area contributed by atoms with Gasteiger partial charge in [-0.1, -0.05) is 6.07 Å². The smallest absolute Gasteiger partial charge is 0.248 e. The summed E-state index contributed by atoms with van der Waals surface area (Å²) in [6.45, 7) is 0.219. The lowest BCUT2D eigenvalue weighted by atomic mass is 10.2. The number of hydrogen-bond acceptors (Lipinski definition) is 4. The lowest BCUT2D eigenvalue weighted by molar-refractivity contribution is -0.111. The lowest BCUT2D eigenvalue weighted by Gasteiger charge is -2.06. The van der Waals surface area contributed by atoms with Crippen LogP contribution in [0.25, 0.3) is 6.08 Å². The Balaban J connectivity index is 1.89. The molecule has 0 saturated carbocycles. The maximum absolute atomic E-state index is 11.8. The molecule has 0 saturated heterocycles. The van der Waals surface area contributed by atoms with Gasteiger partial charge >= 0.3 is 0 Å². The standard InChI is InChI=1S/C16H16N2O3/c19-10-11-21-15-6-4-14(5-7-15)18-16(20)8-3-13-2-1-9-17-12-13/h1-9,12,19H,10-11H2,(H,18,20)/b8-3+. The first-order valence-electron chi connectivity index (χ1n) is 6.51. The highest BCUT2D eigenvalue weighted by atomic mass is 16.5. The molecule has 1 amide bonds. The molecule has 0 bridgehead atoms. The molecule has 0 atom stereocenters. The molecule has 0 fully saturated rings. The maximum atomic E-state index is 11.8. The van der Waals surface area contributed by atoms with Crippen molar-refractivity contribution in [3.05, 3.63) is 60.4 Å². The third-order valence-corrected chi connectivity index (χ3v) is 2.59. The van der Waals surface area contributed by atoms with E-state index in [0.717, 1.165) is 5.56 Å². The summed E-state index contributed by atoms with van der Waals surface area (Å²) in [5.41, 5.74) is 1.53. The average Bonchev–Trinajstić information content (AvgIpc) is 2.53. The minimum absolute atomic E-state index is 0.0301. The van der Waals surface area contributed by atoms with Gasteiger partial charge in [0.1, 0.15) is 12.4 Å². The van der Waals surface area contributed by atoms with E-state index in [4.69, 9.17) is 9.84 Å². The third kappa shape index (κ3) is 5.08. The van der Waals surface area contributed by atoms with E-state index in [1.165, 1.54) is 6.08 Å². The number of carbonyl (C=O) groups excluding carboxylic acids is 1. The van der Waals surface area contributed by atoms with Crippen LogP contribution in [0.4, 0.5) is 5.69 Å². The van der Waals surface area contributed by atoms with Crippen LogP contribution >= 0.6 is 0 Å². The van der Waals surface area contributed by atoms with Crippen LogP contribution in [0.2, 0.25) is 0 Å². The molecule has 1 heterocycles. The van der Waals surface area contributed by atoms with Crippen molar-refractivity contribution in [1.29, 1.82) is 0 Å². The SMILES string of the molecule is O=C(/C=C/c1cccnc1)Nc1ccc(OCCO)cc1. The Labute approximate surface area is 122 Å². The molecule has 0 radical (unpaired) electrons. The number of nitrogens with one attached hydrogen (secondary N) is 1. The highest BCUT2D eigenvalue weighted by Gasteiger charge is 1.99. The second kappa shape index (κ2) is 7.81. The number of aliphatic hydroxyl groups is 1. The van der Waals surface area contributed by atoms with Crippen molar-refractivity contribution in [2.75, 3.05) is 18.5 Å². The molecule has 5 nitrogen and oxygen atoms in total. The number of nitrogens with zero attached hydrogens (tertiary/aromatic N) is 1. The van der Waals surface area contributed by atoms with E-state index < -0.39 is 0 Å². The molecule has 0 aliphatic rings. The molecule has 108 valence electrons. The van der Waals surface area contributed by atoms with Crippen molar-refractivity contribution < 1.29 is 14.6 Å². The Morgan fingerprint density at radius 2 is 2.10 bits per heavy atom. The van der Waals surface area contributed by atoms with Crippen molar-refractivity contribution in [2.24, 2.45) is 0 Å². The predicted molar refractivity (Wildman–Crippen MR) is 80.9 cm³/mol. The monoisotopic (exact) mass is 284 g/mol. The van der Waals surface area contributed by atoms with Gasteiger partial charge in [0.2, 0.25) is 5.91 Å². The molecule has 1 aromatic heterocycles. The summed E-state index contributed by atoms with van der Waals surface area (Å²) in [7, 11) is 0. The van der Waals surface area contributed by atoms with Crippen LogP contribution in [0.1, 0.15) is 5.56 Å². The molecule has 1 aromatic carbocycles. The molecule has 2 aromatic rings. The van der Waals surface area contributed by atoms with Crippen LogP contribution in [0.5, 0.6) is 5.75 Å². The number of carbonyl (C=O) groups is 1. The quantitative estimate of drug-likeness (QED) is 0.797. The summed E-state index contributed by atoms with van der Waals surface area (Å²) in [6, 6.07) is 10.6. The number of hydrogen-bond donors (Lipinski definition) is 2. The Hall–Kier alpha value is -2.66. The second-order valence-corrected chi connectivity index (χ2v) is 4.21. The fraction of sp³-hybridized carbons (Fsp3) is 0.125. The molecule has 21 heavy (non-hydrogen) atoms. The first-order valence-corrected chi connectivity index (χ1v) is 6.51. The van der Waals surface area contributed by atoms with Gasteiger partial charge in [0.05, 0.1) is 6.61 Å². The molecule has 0 spiro atoms. The van der Waals surface area contributed by atoms with Crippen LogP contribution in [0.15, 0.2) is 54.9 Å². The fourth-order valence-corrected chi connectivity index (χ4v) is 1.63. The zero-order valence-electron chi connectivity index (χ0n) is 11.4. The van der Waals surface area contributed by atoms with Gasteiger partial charge in [-0.15, -0.1) is 0 Å². The average molecular weight is 284 g/mol. The van der Waals surface area contributed by atoms with Crippen LogP contribution in [-0.4, -0.2) is 29.2 Å². The predicted octanol–water partition coefficient (Wildman–Crippen LogP) is 2.10. The molecular formula is C16H16N2O3.